The molecule has 2 rings (SSSR count). The minimum Gasteiger partial charge on any atom is -0.325 e. The van der Waals surface area contributed by atoms with Gasteiger partial charge in [-0.1, -0.05) is 32.4 Å². The zero-order valence-electron chi connectivity index (χ0n) is 16.3. The van der Waals surface area contributed by atoms with Crippen LogP contribution in [0.4, 0.5) is 5.69 Å². The number of carbonyl (C=O) groups excluding carboxylic acids is 3. The molecule has 26 heavy (non-hydrogen) atoms. The minimum atomic E-state index is -0.784. The zero-order valence-corrected chi connectivity index (χ0v) is 17.1. The molecule has 1 unspecified atom stereocenters. The highest BCUT2D eigenvalue weighted by molar-refractivity contribution is 6.30. The predicted molar refractivity (Wildman–Crippen MR) is 103 cm³/mol. The molecule has 1 heterocycles. The number of hydrogen-bond acceptors (Lipinski definition) is 3. The number of anilines is 1. The Morgan fingerprint density at radius 1 is 1.12 bits per heavy atom. The number of benzene rings is 1. The van der Waals surface area contributed by atoms with Crippen LogP contribution in [0.1, 0.15) is 54.4 Å². The van der Waals surface area contributed by atoms with Crippen molar-refractivity contribution >= 4 is 35.0 Å². The first-order valence-electron chi connectivity index (χ1n) is 8.76. The number of nitrogens with zero attached hydrogens (tertiary/aromatic N) is 2. The second-order valence-corrected chi connectivity index (χ2v) is 9.37. The van der Waals surface area contributed by atoms with E-state index in [0.29, 0.717) is 17.1 Å². The third-order valence-electron chi connectivity index (χ3n) is 4.19. The normalized spacial score (nSPS) is 18.4. The molecule has 0 aromatic heterocycles. The van der Waals surface area contributed by atoms with E-state index in [1.54, 1.807) is 29.2 Å². The second-order valence-electron chi connectivity index (χ2n) is 8.94. The van der Waals surface area contributed by atoms with Gasteiger partial charge in [0.05, 0.1) is 12.1 Å². The highest BCUT2D eigenvalue weighted by Crippen LogP contribution is 2.32. The Morgan fingerprint density at radius 2 is 1.65 bits per heavy atom. The van der Waals surface area contributed by atoms with Gasteiger partial charge in [0, 0.05) is 17.0 Å². The Balaban J connectivity index is 2.35. The molecule has 0 saturated carbocycles. The largest absolute Gasteiger partial charge is 0.325 e. The van der Waals surface area contributed by atoms with Crippen LogP contribution in [0.3, 0.4) is 0 Å². The van der Waals surface area contributed by atoms with Gasteiger partial charge < -0.3 is 4.90 Å². The predicted octanol–water partition coefficient (Wildman–Crippen LogP) is 4.04. The summed E-state index contributed by atoms with van der Waals surface area (Å²) in [5, 5.41) is 0.529. The summed E-state index contributed by atoms with van der Waals surface area (Å²) >= 11 is 5.89. The van der Waals surface area contributed by atoms with Gasteiger partial charge in [-0.3, -0.25) is 14.4 Å². The Bertz CT molecular complexity index is 714. The summed E-state index contributed by atoms with van der Waals surface area (Å²) in [5.41, 5.74) is -0.301. The van der Waals surface area contributed by atoms with Crippen molar-refractivity contribution < 1.29 is 14.4 Å². The van der Waals surface area contributed by atoms with Crippen LogP contribution in [0.5, 0.6) is 0 Å². The highest BCUT2D eigenvalue weighted by Gasteiger charge is 2.47. The van der Waals surface area contributed by atoms with Crippen molar-refractivity contribution in [1.29, 1.82) is 0 Å². The van der Waals surface area contributed by atoms with Crippen molar-refractivity contribution in [3.63, 3.8) is 0 Å². The fourth-order valence-corrected chi connectivity index (χ4v) is 3.36. The van der Waals surface area contributed by atoms with Gasteiger partial charge in [-0.2, -0.15) is 0 Å². The summed E-state index contributed by atoms with van der Waals surface area (Å²) in [4.78, 5) is 41.3. The molecule has 1 atom stereocenters. The van der Waals surface area contributed by atoms with E-state index < -0.39 is 11.6 Å². The molecule has 0 radical (unpaired) electrons. The van der Waals surface area contributed by atoms with Crippen molar-refractivity contribution in [2.75, 3.05) is 4.90 Å². The molecule has 1 aromatic carbocycles. The van der Waals surface area contributed by atoms with Crippen LogP contribution < -0.4 is 4.90 Å². The lowest BCUT2D eigenvalue weighted by Crippen LogP contribution is -2.55. The third-order valence-corrected chi connectivity index (χ3v) is 4.44. The molecule has 1 aliphatic rings. The van der Waals surface area contributed by atoms with Crippen molar-refractivity contribution in [3.8, 4) is 0 Å². The third kappa shape index (κ3) is 4.44. The first kappa shape index (κ1) is 20.4. The van der Waals surface area contributed by atoms with E-state index >= 15 is 0 Å². The molecule has 1 saturated heterocycles. The van der Waals surface area contributed by atoms with Gasteiger partial charge in [-0.15, -0.1) is 0 Å². The maximum Gasteiger partial charge on any atom is 0.257 e. The second kappa shape index (κ2) is 7.03. The molecule has 1 fully saturated rings. The van der Waals surface area contributed by atoms with Crippen molar-refractivity contribution in [3.05, 3.63) is 29.3 Å². The van der Waals surface area contributed by atoms with Gasteiger partial charge >= 0.3 is 0 Å². The van der Waals surface area contributed by atoms with Gasteiger partial charge in [-0.05, 0) is 50.5 Å². The number of carbonyl (C=O) groups is 3. The van der Waals surface area contributed by atoms with Crippen molar-refractivity contribution in [1.82, 2.24) is 4.90 Å². The molecule has 5 nitrogen and oxygen atoms in total. The van der Waals surface area contributed by atoms with Crippen LogP contribution in [-0.4, -0.2) is 34.2 Å². The SMILES string of the molecule is CC(C)(C)CC(=O)N(C1CC(=O)N(c2ccc(Cl)cc2)C1=O)C(C)(C)C. The molecule has 1 aliphatic heterocycles. The minimum absolute atomic E-state index is 0.00534. The van der Waals surface area contributed by atoms with E-state index in [0.717, 1.165) is 4.90 Å². The number of halogens is 1. The molecule has 0 aliphatic carbocycles. The van der Waals surface area contributed by atoms with Gasteiger partial charge in [0.25, 0.3) is 5.91 Å². The number of imide groups is 1. The Hall–Kier alpha value is -1.88. The number of rotatable bonds is 3. The van der Waals surface area contributed by atoms with E-state index in [9.17, 15) is 14.4 Å². The van der Waals surface area contributed by atoms with Crippen molar-refractivity contribution in [2.24, 2.45) is 5.41 Å². The number of amides is 3. The smallest absolute Gasteiger partial charge is 0.257 e. The standard InChI is InChI=1S/C20H27ClN2O3/c1-19(2,3)12-17(25)23(20(4,5)6)15-11-16(24)22(18(15)26)14-9-7-13(21)8-10-14/h7-10,15H,11-12H2,1-6H3. The van der Waals surface area contributed by atoms with Gasteiger partial charge in [0.2, 0.25) is 11.8 Å². The fourth-order valence-electron chi connectivity index (χ4n) is 3.23. The lowest BCUT2D eigenvalue weighted by atomic mass is 9.89. The number of hydrogen-bond donors (Lipinski definition) is 0. The molecule has 142 valence electrons. The lowest BCUT2D eigenvalue weighted by Gasteiger charge is -2.40. The molecular weight excluding hydrogens is 352 g/mol. The average molecular weight is 379 g/mol. The van der Waals surface area contributed by atoms with Crippen LogP contribution in [0, 0.1) is 5.41 Å². The van der Waals surface area contributed by atoms with Gasteiger partial charge in [0.15, 0.2) is 0 Å². The zero-order chi connectivity index (χ0) is 19.9. The summed E-state index contributed by atoms with van der Waals surface area (Å²) < 4.78 is 0. The molecular formula is C20H27ClN2O3. The summed E-state index contributed by atoms with van der Waals surface area (Å²) in [6, 6.07) is 5.76. The van der Waals surface area contributed by atoms with E-state index in [4.69, 9.17) is 11.6 Å². The highest BCUT2D eigenvalue weighted by atomic mass is 35.5. The summed E-state index contributed by atoms with van der Waals surface area (Å²) in [5.74, 6) is -0.788. The van der Waals surface area contributed by atoms with E-state index in [1.807, 2.05) is 41.5 Å². The maximum atomic E-state index is 13.0. The Labute approximate surface area is 160 Å². The van der Waals surface area contributed by atoms with Crippen LogP contribution in [0.15, 0.2) is 24.3 Å². The van der Waals surface area contributed by atoms with Crippen LogP contribution in [-0.2, 0) is 14.4 Å². The molecule has 6 heteroatoms. The molecule has 0 bridgehead atoms. The van der Waals surface area contributed by atoms with Gasteiger partial charge in [-0.25, -0.2) is 4.90 Å². The quantitative estimate of drug-likeness (QED) is 0.746. The van der Waals surface area contributed by atoms with E-state index in [1.165, 1.54) is 0 Å². The molecule has 3 amide bonds. The Kier molecular flexibility index (Phi) is 5.52. The molecule has 0 N–H and O–H groups in total. The Morgan fingerprint density at radius 3 is 2.12 bits per heavy atom. The summed E-state index contributed by atoms with van der Waals surface area (Å²) in [6.45, 7) is 11.6. The topological polar surface area (TPSA) is 57.7 Å². The lowest BCUT2D eigenvalue weighted by molar-refractivity contribution is -0.145. The van der Waals surface area contributed by atoms with Crippen molar-refractivity contribution in [2.45, 2.75) is 66.0 Å². The first-order chi connectivity index (χ1) is 11.8. The summed E-state index contributed by atoms with van der Waals surface area (Å²) in [7, 11) is 0. The first-order valence-corrected chi connectivity index (χ1v) is 9.13. The van der Waals surface area contributed by atoms with Crippen LogP contribution in [0.25, 0.3) is 0 Å². The van der Waals surface area contributed by atoms with Crippen LogP contribution >= 0.6 is 11.6 Å². The average Bonchev–Trinajstić information content (AvgIpc) is 2.72. The maximum absolute atomic E-state index is 13.0. The van der Waals surface area contributed by atoms with Crippen LogP contribution in [0.2, 0.25) is 5.02 Å². The summed E-state index contributed by atoms with van der Waals surface area (Å²) in [6.07, 6.45) is 0.303. The fraction of sp³-hybridized carbons (Fsp3) is 0.550. The van der Waals surface area contributed by atoms with Gasteiger partial charge in [0.1, 0.15) is 6.04 Å². The molecule has 1 aromatic rings. The molecule has 0 spiro atoms. The van der Waals surface area contributed by atoms with E-state index in [2.05, 4.69) is 0 Å². The monoisotopic (exact) mass is 378 g/mol. The van der Waals surface area contributed by atoms with E-state index in [-0.39, 0.29) is 29.6 Å².